The Bertz CT molecular complexity index is 714. The average Bonchev–Trinajstić information content (AvgIpc) is 2.63. The molecule has 1 aliphatic rings. The van der Waals surface area contributed by atoms with E-state index in [2.05, 4.69) is 14.9 Å². The topological polar surface area (TPSA) is 72.3 Å². The summed E-state index contributed by atoms with van der Waals surface area (Å²) in [6, 6.07) is 16.9. The van der Waals surface area contributed by atoms with Gasteiger partial charge in [-0.15, -0.1) is 0 Å². The molecule has 0 aromatic heterocycles. The maximum absolute atomic E-state index is 12.4. The van der Waals surface area contributed by atoms with Crippen LogP contribution in [-0.2, 0) is 0 Å². The second kappa shape index (κ2) is 6.85. The number of anilines is 1. The highest BCUT2D eigenvalue weighted by atomic mass is 16.2. The van der Waals surface area contributed by atoms with E-state index in [1.165, 1.54) is 0 Å². The quantitative estimate of drug-likeness (QED) is 0.494. The van der Waals surface area contributed by atoms with E-state index >= 15 is 0 Å². The summed E-state index contributed by atoms with van der Waals surface area (Å²) in [6.45, 7) is 2.98. The Morgan fingerprint density at radius 1 is 0.957 bits per heavy atom. The molecule has 1 heterocycles. The minimum Gasteiger partial charge on any atom is -0.368 e. The molecule has 2 aromatic carbocycles. The number of carbonyl (C=O) groups excluding carboxylic acids is 1. The van der Waals surface area contributed by atoms with Crippen molar-refractivity contribution in [2.75, 3.05) is 31.1 Å². The molecule has 6 heteroatoms. The van der Waals surface area contributed by atoms with Gasteiger partial charge in [-0.05, 0) is 29.8 Å². The summed E-state index contributed by atoms with van der Waals surface area (Å²) < 4.78 is 0. The molecule has 23 heavy (non-hydrogen) atoms. The van der Waals surface area contributed by atoms with Gasteiger partial charge in [0, 0.05) is 48.0 Å². The lowest BCUT2D eigenvalue weighted by atomic mass is 10.1. The summed E-state index contributed by atoms with van der Waals surface area (Å²) in [5.74, 6) is 0.0870. The summed E-state index contributed by atoms with van der Waals surface area (Å²) in [7, 11) is 0. The molecule has 0 unspecified atom stereocenters. The molecule has 1 fully saturated rings. The molecule has 116 valence electrons. The Labute approximate surface area is 134 Å². The molecule has 0 N–H and O–H groups in total. The summed E-state index contributed by atoms with van der Waals surface area (Å²) >= 11 is 0. The maximum Gasteiger partial charge on any atom is 0.253 e. The van der Waals surface area contributed by atoms with E-state index in [0.29, 0.717) is 18.8 Å². The van der Waals surface area contributed by atoms with E-state index < -0.39 is 0 Å². The lowest BCUT2D eigenvalue weighted by Crippen LogP contribution is -2.48. The highest BCUT2D eigenvalue weighted by Gasteiger charge is 2.22. The van der Waals surface area contributed by atoms with E-state index in [9.17, 15) is 4.79 Å². The van der Waals surface area contributed by atoms with Crippen molar-refractivity contribution in [2.45, 2.75) is 0 Å². The Balaban J connectivity index is 1.62. The smallest absolute Gasteiger partial charge is 0.253 e. The van der Waals surface area contributed by atoms with Crippen LogP contribution in [0.25, 0.3) is 10.4 Å². The molecule has 6 nitrogen and oxygen atoms in total. The van der Waals surface area contributed by atoms with E-state index in [4.69, 9.17) is 5.53 Å². The minimum absolute atomic E-state index is 0.0870. The van der Waals surface area contributed by atoms with Gasteiger partial charge in [-0.1, -0.05) is 35.4 Å². The Kier molecular flexibility index (Phi) is 4.45. The largest absolute Gasteiger partial charge is 0.368 e. The molecule has 0 aliphatic carbocycles. The number of piperazine rings is 1. The van der Waals surface area contributed by atoms with Gasteiger partial charge in [0.15, 0.2) is 0 Å². The molecule has 0 saturated carbocycles. The number of benzene rings is 2. The number of hydrogen-bond acceptors (Lipinski definition) is 3. The highest BCUT2D eigenvalue weighted by molar-refractivity contribution is 5.94. The average molecular weight is 307 g/mol. The van der Waals surface area contributed by atoms with E-state index in [1.54, 1.807) is 12.1 Å². The van der Waals surface area contributed by atoms with Crippen LogP contribution in [0, 0.1) is 0 Å². The van der Waals surface area contributed by atoms with Gasteiger partial charge in [0.2, 0.25) is 0 Å². The van der Waals surface area contributed by atoms with Crippen molar-refractivity contribution in [2.24, 2.45) is 5.11 Å². The Hall–Kier alpha value is -2.98. The number of nitrogens with zero attached hydrogens (tertiary/aromatic N) is 5. The van der Waals surface area contributed by atoms with Gasteiger partial charge < -0.3 is 9.80 Å². The first-order valence-electron chi connectivity index (χ1n) is 7.52. The third-order valence-corrected chi connectivity index (χ3v) is 3.96. The number of azide groups is 1. The standard InChI is InChI=1S/C17H17N5O/c18-20-19-15-6-8-16(9-7-15)21-10-12-22(13-11-21)17(23)14-4-2-1-3-5-14/h1-9H,10-13H2. The first-order valence-corrected chi connectivity index (χ1v) is 7.52. The molecule has 0 spiro atoms. The first-order chi connectivity index (χ1) is 11.3. The molecule has 0 atom stereocenters. The van der Waals surface area contributed by atoms with Crippen LogP contribution in [0.15, 0.2) is 59.7 Å². The molecule has 1 saturated heterocycles. The highest BCUT2D eigenvalue weighted by Crippen LogP contribution is 2.21. The van der Waals surface area contributed by atoms with Crippen molar-refractivity contribution in [3.05, 3.63) is 70.6 Å². The Morgan fingerprint density at radius 3 is 2.22 bits per heavy atom. The van der Waals surface area contributed by atoms with Gasteiger partial charge in [-0.3, -0.25) is 4.79 Å². The van der Waals surface area contributed by atoms with Gasteiger partial charge in [0.1, 0.15) is 0 Å². The van der Waals surface area contributed by atoms with Crippen LogP contribution in [0.4, 0.5) is 11.4 Å². The van der Waals surface area contributed by atoms with Crippen LogP contribution in [0.2, 0.25) is 0 Å². The molecular weight excluding hydrogens is 290 g/mol. The molecule has 3 rings (SSSR count). The zero-order valence-corrected chi connectivity index (χ0v) is 12.7. The lowest BCUT2D eigenvalue weighted by Gasteiger charge is -2.36. The number of rotatable bonds is 3. The zero-order valence-electron chi connectivity index (χ0n) is 12.7. The van der Waals surface area contributed by atoms with Crippen LogP contribution in [0.5, 0.6) is 0 Å². The van der Waals surface area contributed by atoms with Crippen molar-refractivity contribution < 1.29 is 4.79 Å². The zero-order chi connectivity index (χ0) is 16.1. The normalized spacial score (nSPS) is 14.3. The molecular formula is C17H17N5O. The fourth-order valence-electron chi connectivity index (χ4n) is 2.71. The van der Waals surface area contributed by atoms with Crippen LogP contribution < -0.4 is 4.90 Å². The molecule has 1 amide bonds. The SMILES string of the molecule is [N-]=[N+]=Nc1ccc(N2CCN(C(=O)c3ccccc3)CC2)cc1. The molecule has 0 radical (unpaired) electrons. The number of amides is 1. The third-order valence-electron chi connectivity index (χ3n) is 3.96. The van der Waals surface area contributed by atoms with Crippen LogP contribution in [-0.4, -0.2) is 37.0 Å². The monoisotopic (exact) mass is 307 g/mol. The van der Waals surface area contributed by atoms with E-state index in [1.807, 2.05) is 47.4 Å². The second-order valence-electron chi connectivity index (χ2n) is 5.35. The fraction of sp³-hybridized carbons (Fsp3) is 0.235. The summed E-state index contributed by atoms with van der Waals surface area (Å²) in [5, 5.41) is 3.57. The lowest BCUT2D eigenvalue weighted by molar-refractivity contribution is 0.0747. The van der Waals surface area contributed by atoms with Crippen LogP contribution in [0.1, 0.15) is 10.4 Å². The van der Waals surface area contributed by atoms with Crippen molar-refractivity contribution in [3.8, 4) is 0 Å². The van der Waals surface area contributed by atoms with Gasteiger partial charge in [0.05, 0.1) is 0 Å². The van der Waals surface area contributed by atoms with Crippen molar-refractivity contribution in [1.82, 2.24) is 4.90 Å². The first kappa shape index (κ1) is 14.9. The summed E-state index contributed by atoms with van der Waals surface area (Å²) in [4.78, 5) is 19.3. The van der Waals surface area contributed by atoms with Gasteiger partial charge in [-0.2, -0.15) is 0 Å². The molecule has 2 aromatic rings. The number of hydrogen-bond donors (Lipinski definition) is 0. The molecule has 1 aliphatic heterocycles. The van der Waals surface area contributed by atoms with Gasteiger partial charge in [0.25, 0.3) is 5.91 Å². The predicted molar refractivity (Wildman–Crippen MR) is 89.8 cm³/mol. The molecule has 0 bridgehead atoms. The van der Waals surface area contributed by atoms with Gasteiger partial charge >= 0.3 is 0 Å². The van der Waals surface area contributed by atoms with Gasteiger partial charge in [-0.25, -0.2) is 0 Å². The van der Waals surface area contributed by atoms with Crippen molar-refractivity contribution in [3.63, 3.8) is 0 Å². The third kappa shape index (κ3) is 3.44. The summed E-state index contributed by atoms with van der Waals surface area (Å²) in [5.41, 5.74) is 10.8. The predicted octanol–water partition coefficient (Wildman–Crippen LogP) is 3.59. The fourth-order valence-corrected chi connectivity index (χ4v) is 2.71. The van der Waals surface area contributed by atoms with Crippen molar-refractivity contribution in [1.29, 1.82) is 0 Å². The van der Waals surface area contributed by atoms with Crippen molar-refractivity contribution >= 4 is 17.3 Å². The number of carbonyl (C=O) groups is 1. The second-order valence-corrected chi connectivity index (χ2v) is 5.35. The maximum atomic E-state index is 12.4. The Morgan fingerprint density at radius 2 is 1.61 bits per heavy atom. The van der Waals surface area contributed by atoms with E-state index in [-0.39, 0.29) is 5.91 Å². The van der Waals surface area contributed by atoms with E-state index in [0.717, 1.165) is 24.3 Å². The summed E-state index contributed by atoms with van der Waals surface area (Å²) in [6.07, 6.45) is 0. The van der Waals surface area contributed by atoms with Crippen LogP contribution in [0.3, 0.4) is 0 Å². The minimum atomic E-state index is 0.0870. The van der Waals surface area contributed by atoms with Crippen LogP contribution >= 0.6 is 0 Å².